The fraction of sp³-hybridized carbons (Fsp3) is 0.312. The SMILES string of the molecule is CCn1c(SCC(=O)Nc2cccc(F)c2)nc2c(c1=O)SCC2. The van der Waals surface area contributed by atoms with Gasteiger partial charge in [-0.2, -0.15) is 0 Å². The molecule has 0 bridgehead atoms. The summed E-state index contributed by atoms with van der Waals surface area (Å²) in [4.78, 5) is 29.7. The van der Waals surface area contributed by atoms with Gasteiger partial charge >= 0.3 is 0 Å². The highest BCUT2D eigenvalue weighted by Crippen LogP contribution is 2.28. The van der Waals surface area contributed by atoms with Gasteiger partial charge in [0, 0.05) is 24.4 Å². The molecule has 1 aromatic heterocycles. The average molecular weight is 365 g/mol. The van der Waals surface area contributed by atoms with Crippen LogP contribution >= 0.6 is 23.5 Å². The van der Waals surface area contributed by atoms with E-state index in [0.29, 0.717) is 17.4 Å². The summed E-state index contributed by atoms with van der Waals surface area (Å²) in [6, 6.07) is 5.73. The Morgan fingerprint density at radius 2 is 2.33 bits per heavy atom. The molecule has 0 atom stereocenters. The molecule has 2 aromatic rings. The summed E-state index contributed by atoms with van der Waals surface area (Å²) >= 11 is 2.76. The molecule has 0 radical (unpaired) electrons. The maximum atomic E-state index is 13.1. The van der Waals surface area contributed by atoms with E-state index in [9.17, 15) is 14.0 Å². The first-order valence-corrected chi connectivity index (χ1v) is 9.50. The standard InChI is InChI=1S/C16H16FN3O2S2/c1-2-20-15(22)14-12(6-7-23-14)19-16(20)24-9-13(21)18-11-5-3-4-10(17)8-11/h3-5,8H,2,6-7,9H2,1H3,(H,18,21). The van der Waals surface area contributed by atoms with Crippen molar-refractivity contribution in [1.29, 1.82) is 0 Å². The Morgan fingerprint density at radius 1 is 1.50 bits per heavy atom. The minimum atomic E-state index is -0.405. The van der Waals surface area contributed by atoms with Gasteiger partial charge in [0.2, 0.25) is 5.91 Å². The van der Waals surface area contributed by atoms with E-state index in [4.69, 9.17) is 0 Å². The Bertz CT molecular complexity index is 839. The number of carbonyl (C=O) groups is 1. The van der Waals surface area contributed by atoms with Crippen molar-refractivity contribution in [3.05, 3.63) is 46.1 Å². The van der Waals surface area contributed by atoms with E-state index in [1.165, 1.54) is 30.0 Å². The van der Waals surface area contributed by atoms with Crippen LogP contribution in [0, 0.1) is 5.82 Å². The number of thioether (sulfide) groups is 2. The summed E-state index contributed by atoms with van der Waals surface area (Å²) in [6.07, 6.45) is 0.781. The Hall–Kier alpha value is -1.80. The second kappa shape index (κ2) is 7.40. The van der Waals surface area contributed by atoms with Gasteiger partial charge in [0.15, 0.2) is 5.16 Å². The fourth-order valence-electron chi connectivity index (χ4n) is 2.41. The second-order valence-electron chi connectivity index (χ2n) is 5.17. The number of fused-ring (bicyclic) bond motifs is 1. The summed E-state index contributed by atoms with van der Waals surface area (Å²) in [5.74, 6) is 0.306. The molecule has 0 spiro atoms. The number of rotatable bonds is 5. The Labute approximate surface area is 147 Å². The van der Waals surface area contributed by atoms with Crippen molar-refractivity contribution < 1.29 is 9.18 Å². The molecule has 0 saturated carbocycles. The predicted molar refractivity (Wildman–Crippen MR) is 94.4 cm³/mol. The largest absolute Gasteiger partial charge is 0.325 e. The predicted octanol–water partition coefficient (Wildman–Crippen LogP) is 2.78. The summed E-state index contributed by atoms with van der Waals surface area (Å²) < 4.78 is 14.7. The van der Waals surface area contributed by atoms with Crippen LogP contribution in [0.4, 0.5) is 10.1 Å². The average Bonchev–Trinajstić information content (AvgIpc) is 3.02. The van der Waals surface area contributed by atoms with Gasteiger partial charge < -0.3 is 5.32 Å². The van der Waals surface area contributed by atoms with Crippen LogP contribution < -0.4 is 10.9 Å². The number of hydrogen-bond acceptors (Lipinski definition) is 5. The van der Waals surface area contributed by atoms with Crippen molar-refractivity contribution in [3.63, 3.8) is 0 Å². The molecule has 5 nitrogen and oxygen atoms in total. The molecule has 1 N–H and O–H groups in total. The molecule has 3 rings (SSSR count). The molecule has 2 heterocycles. The van der Waals surface area contributed by atoms with Crippen molar-refractivity contribution >= 4 is 35.1 Å². The highest BCUT2D eigenvalue weighted by molar-refractivity contribution is 8.00. The van der Waals surface area contributed by atoms with Gasteiger partial charge in [-0.05, 0) is 25.1 Å². The minimum Gasteiger partial charge on any atom is -0.325 e. The first-order valence-electron chi connectivity index (χ1n) is 7.53. The van der Waals surface area contributed by atoms with Gasteiger partial charge in [-0.1, -0.05) is 17.8 Å². The third-order valence-electron chi connectivity index (χ3n) is 3.51. The van der Waals surface area contributed by atoms with Crippen LogP contribution in [0.2, 0.25) is 0 Å². The van der Waals surface area contributed by atoms with E-state index in [-0.39, 0.29) is 17.2 Å². The Kier molecular flexibility index (Phi) is 5.25. The lowest BCUT2D eigenvalue weighted by atomic mass is 10.3. The van der Waals surface area contributed by atoms with Gasteiger partial charge in [0.05, 0.1) is 16.3 Å². The van der Waals surface area contributed by atoms with Crippen LogP contribution in [0.1, 0.15) is 12.6 Å². The summed E-state index contributed by atoms with van der Waals surface area (Å²) in [6.45, 7) is 2.39. The van der Waals surface area contributed by atoms with E-state index in [1.807, 2.05) is 6.92 Å². The van der Waals surface area contributed by atoms with Crippen LogP contribution in [0.5, 0.6) is 0 Å². The Morgan fingerprint density at radius 3 is 3.08 bits per heavy atom. The van der Waals surface area contributed by atoms with E-state index >= 15 is 0 Å². The lowest BCUT2D eigenvalue weighted by molar-refractivity contribution is -0.113. The maximum absolute atomic E-state index is 13.1. The quantitative estimate of drug-likeness (QED) is 0.652. The lowest BCUT2D eigenvalue weighted by Crippen LogP contribution is -2.25. The van der Waals surface area contributed by atoms with Crippen LogP contribution in [0.15, 0.2) is 39.1 Å². The number of anilines is 1. The number of benzene rings is 1. The zero-order valence-electron chi connectivity index (χ0n) is 13.0. The van der Waals surface area contributed by atoms with Crippen molar-refractivity contribution in [2.75, 3.05) is 16.8 Å². The van der Waals surface area contributed by atoms with E-state index in [0.717, 1.165) is 22.8 Å². The molecule has 0 aliphatic carbocycles. The molecule has 1 amide bonds. The number of hydrogen-bond donors (Lipinski definition) is 1. The monoisotopic (exact) mass is 365 g/mol. The number of amides is 1. The summed E-state index contributed by atoms with van der Waals surface area (Å²) in [5, 5.41) is 3.19. The topological polar surface area (TPSA) is 64.0 Å². The summed E-state index contributed by atoms with van der Waals surface area (Å²) in [7, 11) is 0. The minimum absolute atomic E-state index is 0.0296. The zero-order chi connectivity index (χ0) is 17.1. The number of halogens is 1. The highest BCUT2D eigenvalue weighted by Gasteiger charge is 2.21. The maximum Gasteiger partial charge on any atom is 0.268 e. The molecule has 0 fully saturated rings. The number of aryl methyl sites for hydroxylation is 1. The van der Waals surface area contributed by atoms with Crippen LogP contribution in [0.3, 0.4) is 0 Å². The first kappa shape index (κ1) is 17.0. The third kappa shape index (κ3) is 3.64. The molecule has 126 valence electrons. The number of nitrogens with zero attached hydrogens (tertiary/aromatic N) is 2. The number of aromatic nitrogens is 2. The van der Waals surface area contributed by atoms with Crippen LogP contribution in [0.25, 0.3) is 0 Å². The molecule has 1 aliphatic rings. The van der Waals surface area contributed by atoms with E-state index in [2.05, 4.69) is 10.3 Å². The fourth-order valence-corrected chi connectivity index (χ4v) is 4.33. The third-order valence-corrected chi connectivity index (χ3v) is 5.59. The number of nitrogens with one attached hydrogen (secondary N) is 1. The zero-order valence-corrected chi connectivity index (χ0v) is 14.7. The molecular formula is C16H16FN3O2S2. The van der Waals surface area contributed by atoms with Gasteiger partial charge in [-0.3, -0.25) is 14.2 Å². The Balaban J connectivity index is 1.71. The molecule has 0 unspecified atom stereocenters. The molecule has 1 aliphatic heterocycles. The van der Waals surface area contributed by atoms with Crippen molar-refractivity contribution in [2.45, 2.75) is 29.9 Å². The smallest absolute Gasteiger partial charge is 0.268 e. The molecule has 1 aromatic carbocycles. The second-order valence-corrected chi connectivity index (χ2v) is 7.21. The van der Waals surface area contributed by atoms with E-state index < -0.39 is 5.82 Å². The van der Waals surface area contributed by atoms with Crippen LogP contribution in [-0.2, 0) is 17.8 Å². The van der Waals surface area contributed by atoms with Gasteiger partial charge in [0.1, 0.15) is 5.82 Å². The van der Waals surface area contributed by atoms with Crippen molar-refractivity contribution in [1.82, 2.24) is 9.55 Å². The van der Waals surface area contributed by atoms with Gasteiger partial charge in [0.25, 0.3) is 5.56 Å². The highest BCUT2D eigenvalue weighted by atomic mass is 32.2. The van der Waals surface area contributed by atoms with Crippen molar-refractivity contribution in [3.8, 4) is 0 Å². The first-order chi connectivity index (χ1) is 11.6. The summed E-state index contributed by atoms with van der Waals surface area (Å²) in [5.41, 5.74) is 1.20. The number of carbonyl (C=O) groups excluding carboxylic acids is 1. The molecule has 24 heavy (non-hydrogen) atoms. The molecule has 8 heteroatoms. The normalized spacial score (nSPS) is 12.9. The molecular weight excluding hydrogens is 349 g/mol. The molecule has 0 saturated heterocycles. The van der Waals surface area contributed by atoms with Gasteiger partial charge in [-0.25, -0.2) is 9.37 Å². The van der Waals surface area contributed by atoms with Gasteiger partial charge in [-0.15, -0.1) is 11.8 Å². The lowest BCUT2D eigenvalue weighted by Gasteiger charge is -2.11. The van der Waals surface area contributed by atoms with Crippen LogP contribution in [-0.4, -0.2) is 27.0 Å². The van der Waals surface area contributed by atoms with E-state index in [1.54, 1.807) is 22.4 Å². The van der Waals surface area contributed by atoms with Crippen molar-refractivity contribution in [2.24, 2.45) is 0 Å².